The lowest BCUT2D eigenvalue weighted by Crippen LogP contribution is -2.11. The van der Waals surface area contributed by atoms with E-state index in [4.69, 9.17) is 4.74 Å². The zero-order valence-corrected chi connectivity index (χ0v) is 8.65. The lowest BCUT2D eigenvalue weighted by Gasteiger charge is -2.10. The summed E-state index contributed by atoms with van der Waals surface area (Å²) in [7, 11) is 3.79. The van der Waals surface area contributed by atoms with Crippen molar-refractivity contribution in [1.82, 2.24) is 4.98 Å². The summed E-state index contributed by atoms with van der Waals surface area (Å²) in [6.45, 7) is 2.16. The number of carbonyl (C=O) groups excluding carboxylic acids is 1. The molecule has 1 aromatic heterocycles. The molecular weight excluding hydrogens is 180 g/mol. The van der Waals surface area contributed by atoms with Crippen LogP contribution in [0, 0.1) is 0 Å². The lowest BCUT2D eigenvalue weighted by atomic mass is 10.3. The van der Waals surface area contributed by atoms with Gasteiger partial charge in [-0.3, -0.25) is 0 Å². The van der Waals surface area contributed by atoms with Gasteiger partial charge in [0.05, 0.1) is 12.2 Å². The van der Waals surface area contributed by atoms with Crippen molar-refractivity contribution in [1.29, 1.82) is 0 Å². The molecule has 1 aromatic rings. The number of ether oxygens (including phenoxy) is 1. The maximum atomic E-state index is 11.3. The van der Waals surface area contributed by atoms with Crippen LogP contribution in [0.1, 0.15) is 17.3 Å². The van der Waals surface area contributed by atoms with Crippen molar-refractivity contribution in [3.05, 3.63) is 23.9 Å². The molecule has 14 heavy (non-hydrogen) atoms. The van der Waals surface area contributed by atoms with E-state index in [1.54, 1.807) is 19.1 Å². The van der Waals surface area contributed by atoms with Gasteiger partial charge in [0.1, 0.15) is 5.82 Å². The highest BCUT2D eigenvalue weighted by molar-refractivity contribution is 5.89. The average molecular weight is 194 g/mol. The number of carbonyl (C=O) groups is 1. The molecule has 0 atom stereocenters. The second kappa shape index (κ2) is 4.60. The molecular formula is C10H14N2O2. The lowest BCUT2D eigenvalue weighted by molar-refractivity contribution is 0.0526. The summed E-state index contributed by atoms with van der Waals surface area (Å²) in [4.78, 5) is 17.2. The molecule has 0 amide bonds. The maximum absolute atomic E-state index is 11.3. The summed E-state index contributed by atoms with van der Waals surface area (Å²) in [5.74, 6) is 0.489. The van der Waals surface area contributed by atoms with Crippen LogP contribution in [0.4, 0.5) is 5.82 Å². The third-order valence-electron chi connectivity index (χ3n) is 1.72. The molecule has 0 aliphatic carbocycles. The molecule has 1 rings (SSSR count). The second-order valence-electron chi connectivity index (χ2n) is 3.02. The van der Waals surface area contributed by atoms with Gasteiger partial charge in [0.2, 0.25) is 0 Å². The van der Waals surface area contributed by atoms with Crippen LogP contribution in [0.5, 0.6) is 0 Å². The van der Waals surface area contributed by atoms with Crippen LogP contribution in [-0.4, -0.2) is 31.7 Å². The van der Waals surface area contributed by atoms with Crippen molar-refractivity contribution in [2.24, 2.45) is 0 Å². The van der Waals surface area contributed by atoms with Crippen LogP contribution in [-0.2, 0) is 4.74 Å². The molecule has 0 aromatic carbocycles. The van der Waals surface area contributed by atoms with Crippen molar-refractivity contribution in [2.45, 2.75) is 6.92 Å². The van der Waals surface area contributed by atoms with Crippen molar-refractivity contribution >= 4 is 11.8 Å². The smallest absolute Gasteiger partial charge is 0.339 e. The quantitative estimate of drug-likeness (QED) is 0.681. The molecule has 1 heterocycles. The van der Waals surface area contributed by atoms with E-state index >= 15 is 0 Å². The number of pyridine rings is 1. The summed E-state index contributed by atoms with van der Waals surface area (Å²) in [6.07, 6.45) is 1.52. The van der Waals surface area contributed by atoms with E-state index in [9.17, 15) is 4.79 Å². The fourth-order valence-corrected chi connectivity index (χ4v) is 0.986. The standard InChI is InChI=1S/C10H14N2O2/c1-4-14-10(13)8-5-6-9(11-7-8)12(2)3/h5-7H,4H2,1-3H3. The van der Waals surface area contributed by atoms with Crippen LogP contribution in [0.15, 0.2) is 18.3 Å². The number of esters is 1. The Morgan fingerprint density at radius 2 is 2.21 bits per heavy atom. The third-order valence-corrected chi connectivity index (χ3v) is 1.72. The number of anilines is 1. The monoisotopic (exact) mass is 194 g/mol. The molecule has 4 nitrogen and oxygen atoms in total. The highest BCUT2D eigenvalue weighted by atomic mass is 16.5. The Hall–Kier alpha value is -1.58. The van der Waals surface area contributed by atoms with E-state index in [1.807, 2.05) is 19.0 Å². The summed E-state index contributed by atoms with van der Waals surface area (Å²) in [5.41, 5.74) is 0.484. The molecule has 0 fully saturated rings. The second-order valence-corrected chi connectivity index (χ2v) is 3.02. The molecule has 0 saturated carbocycles. The highest BCUT2D eigenvalue weighted by Crippen LogP contribution is 2.08. The Labute approximate surface area is 83.5 Å². The molecule has 4 heteroatoms. The van der Waals surface area contributed by atoms with Gasteiger partial charge in [-0.15, -0.1) is 0 Å². The largest absolute Gasteiger partial charge is 0.462 e. The van der Waals surface area contributed by atoms with E-state index in [1.165, 1.54) is 6.20 Å². The summed E-state index contributed by atoms with van der Waals surface area (Å²) in [5, 5.41) is 0. The fourth-order valence-electron chi connectivity index (χ4n) is 0.986. The first kappa shape index (κ1) is 10.5. The zero-order chi connectivity index (χ0) is 10.6. The molecule has 0 saturated heterocycles. The predicted octanol–water partition coefficient (Wildman–Crippen LogP) is 1.32. The first-order valence-corrected chi connectivity index (χ1v) is 4.45. The van der Waals surface area contributed by atoms with Gasteiger partial charge in [0.15, 0.2) is 0 Å². The zero-order valence-electron chi connectivity index (χ0n) is 8.65. The summed E-state index contributed by atoms with van der Waals surface area (Å²) >= 11 is 0. The number of nitrogens with zero attached hydrogens (tertiary/aromatic N) is 2. The van der Waals surface area contributed by atoms with Gasteiger partial charge in [0, 0.05) is 20.3 Å². The number of aromatic nitrogens is 1. The number of hydrogen-bond acceptors (Lipinski definition) is 4. The van der Waals surface area contributed by atoms with Gasteiger partial charge in [-0.05, 0) is 19.1 Å². The van der Waals surface area contributed by atoms with E-state index in [2.05, 4.69) is 4.98 Å². The summed E-state index contributed by atoms with van der Waals surface area (Å²) < 4.78 is 4.84. The predicted molar refractivity (Wildman–Crippen MR) is 54.5 cm³/mol. The topological polar surface area (TPSA) is 42.4 Å². The van der Waals surface area contributed by atoms with Crippen LogP contribution in [0.25, 0.3) is 0 Å². The molecule has 0 aliphatic rings. The SMILES string of the molecule is CCOC(=O)c1ccc(N(C)C)nc1. The molecule has 0 unspecified atom stereocenters. The third kappa shape index (κ3) is 2.45. The van der Waals surface area contributed by atoms with Crippen molar-refractivity contribution in [2.75, 3.05) is 25.6 Å². The van der Waals surface area contributed by atoms with Crippen LogP contribution in [0.2, 0.25) is 0 Å². The first-order chi connectivity index (χ1) is 6.65. The molecule has 0 bridgehead atoms. The Bertz CT molecular complexity index is 306. The minimum Gasteiger partial charge on any atom is -0.462 e. The minimum absolute atomic E-state index is 0.328. The summed E-state index contributed by atoms with van der Waals surface area (Å²) in [6, 6.07) is 3.49. The fraction of sp³-hybridized carbons (Fsp3) is 0.400. The van der Waals surface area contributed by atoms with Crippen molar-refractivity contribution < 1.29 is 9.53 Å². The molecule has 0 spiro atoms. The number of rotatable bonds is 3. The van der Waals surface area contributed by atoms with Crippen LogP contribution in [0.3, 0.4) is 0 Å². The first-order valence-electron chi connectivity index (χ1n) is 4.45. The van der Waals surface area contributed by atoms with Gasteiger partial charge in [-0.1, -0.05) is 0 Å². The van der Waals surface area contributed by atoms with Gasteiger partial charge in [0.25, 0.3) is 0 Å². The van der Waals surface area contributed by atoms with E-state index in [0.717, 1.165) is 5.82 Å². The van der Waals surface area contributed by atoms with Gasteiger partial charge in [-0.2, -0.15) is 0 Å². The Kier molecular flexibility index (Phi) is 3.45. The van der Waals surface area contributed by atoms with Crippen LogP contribution >= 0.6 is 0 Å². The van der Waals surface area contributed by atoms with Crippen molar-refractivity contribution in [3.8, 4) is 0 Å². The Morgan fingerprint density at radius 1 is 1.50 bits per heavy atom. The minimum atomic E-state index is -0.328. The normalized spacial score (nSPS) is 9.64. The average Bonchev–Trinajstić information content (AvgIpc) is 2.18. The van der Waals surface area contributed by atoms with E-state index in [0.29, 0.717) is 12.2 Å². The molecule has 0 aliphatic heterocycles. The number of hydrogen-bond donors (Lipinski definition) is 0. The van der Waals surface area contributed by atoms with Gasteiger partial charge in [-0.25, -0.2) is 9.78 Å². The Morgan fingerprint density at radius 3 is 2.64 bits per heavy atom. The molecule has 76 valence electrons. The maximum Gasteiger partial charge on any atom is 0.339 e. The highest BCUT2D eigenvalue weighted by Gasteiger charge is 2.06. The van der Waals surface area contributed by atoms with Gasteiger partial charge >= 0.3 is 5.97 Å². The molecule has 0 N–H and O–H groups in total. The van der Waals surface area contributed by atoms with Crippen LogP contribution < -0.4 is 4.90 Å². The van der Waals surface area contributed by atoms with Crippen molar-refractivity contribution in [3.63, 3.8) is 0 Å². The van der Waals surface area contributed by atoms with E-state index in [-0.39, 0.29) is 5.97 Å². The Balaban J connectivity index is 2.78. The molecule has 0 radical (unpaired) electrons. The van der Waals surface area contributed by atoms with E-state index < -0.39 is 0 Å². The van der Waals surface area contributed by atoms with Gasteiger partial charge < -0.3 is 9.64 Å².